The Kier molecular flexibility index (Phi) is 6.74. The number of amidine groups is 1. The normalized spacial score (nSPS) is 17.7. The minimum atomic E-state index is -1.26. The molecule has 2 N–H and O–H groups in total. The van der Waals surface area contributed by atoms with Gasteiger partial charge in [-0.1, -0.05) is 30.0 Å². The van der Waals surface area contributed by atoms with Crippen molar-refractivity contribution in [2.75, 3.05) is 26.3 Å². The van der Waals surface area contributed by atoms with Crippen LogP contribution >= 0.6 is 23.1 Å². The van der Waals surface area contributed by atoms with E-state index >= 15 is 0 Å². The number of ether oxygens (including phenoxy) is 1. The Morgan fingerprint density at radius 1 is 1.19 bits per heavy atom. The molecule has 0 atom stereocenters. The largest absolute Gasteiger partial charge is 0.478 e. The Balaban J connectivity index is 0.000000250. The number of thioether (sulfide) groups is 1. The van der Waals surface area contributed by atoms with Gasteiger partial charge < -0.3 is 19.8 Å². The molecule has 3 aliphatic rings. The van der Waals surface area contributed by atoms with E-state index in [1.165, 1.54) is 39.1 Å². The highest BCUT2D eigenvalue weighted by atomic mass is 32.2. The summed E-state index contributed by atoms with van der Waals surface area (Å²) in [5, 5.41) is 20.4. The van der Waals surface area contributed by atoms with Crippen LogP contribution in [0.3, 0.4) is 0 Å². The van der Waals surface area contributed by atoms with Gasteiger partial charge in [0.05, 0.1) is 18.8 Å². The topological polar surface area (TPSA) is 99.4 Å². The molecule has 31 heavy (non-hydrogen) atoms. The lowest BCUT2D eigenvalue weighted by Gasteiger charge is -2.17. The number of fused-ring (bicyclic) bond motifs is 2. The molecule has 2 aromatic rings. The number of hydrogen-bond acceptors (Lipinski definition) is 7. The van der Waals surface area contributed by atoms with Gasteiger partial charge in [0.15, 0.2) is 5.17 Å². The molecule has 0 amide bonds. The van der Waals surface area contributed by atoms with E-state index < -0.39 is 11.9 Å². The number of carboxylic acids is 2. The first-order chi connectivity index (χ1) is 15.0. The zero-order valence-corrected chi connectivity index (χ0v) is 18.3. The van der Waals surface area contributed by atoms with Crippen LogP contribution in [0.15, 0.2) is 51.7 Å². The van der Waals surface area contributed by atoms with Gasteiger partial charge in [0, 0.05) is 51.2 Å². The quantitative estimate of drug-likeness (QED) is 0.602. The van der Waals surface area contributed by atoms with Gasteiger partial charge in [0.25, 0.3) is 0 Å². The van der Waals surface area contributed by atoms with E-state index in [4.69, 9.17) is 14.9 Å². The summed E-state index contributed by atoms with van der Waals surface area (Å²) < 4.78 is 7.34. The lowest BCUT2D eigenvalue weighted by molar-refractivity contribution is -0.134. The maximum atomic E-state index is 9.55. The molecule has 1 fully saturated rings. The average Bonchev–Trinajstić information content (AvgIpc) is 3.15. The molecule has 1 aromatic heterocycles. The second-order valence-corrected chi connectivity index (χ2v) is 9.28. The maximum absolute atomic E-state index is 9.55. The van der Waals surface area contributed by atoms with E-state index in [2.05, 4.69) is 39.5 Å². The molecule has 0 unspecified atom stereocenters. The van der Waals surface area contributed by atoms with Crippen LogP contribution in [-0.4, -0.2) is 58.5 Å². The van der Waals surface area contributed by atoms with E-state index in [9.17, 15) is 9.59 Å². The first-order valence-corrected chi connectivity index (χ1v) is 11.6. The number of nitrogens with zero attached hydrogens (tertiary/aromatic N) is 2. The van der Waals surface area contributed by atoms with Gasteiger partial charge in [-0.25, -0.2) is 9.59 Å². The van der Waals surface area contributed by atoms with Crippen molar-refractivity contribution in [1.29, 1.82) is 0 Å². The molecule has 7 nitrogen and oxygen atoms in total. The van der Waals surface area contributed by atoms with Crippen molar-refractivity contribution < 1.29 is 24.5 Å². The number of aliphatic carboxylic acids is 2. The summed E-state index contributed by atoms with van der Waals surface area (Å²) in [5.41, 5.74) is 2.68. The molecule has 162 valence electrons. The standard InChI is InChI=1S/C18H18N2OS2.C4H4O4/c1-2-4-15-13(3-1)14(11-22-15)17-16(10-21-9-12-5-6-12)23-18-19-7-8-20(17)18;5-3(6)1-2-4(7)8/h1-4,11-12H,5-10H2;1-2H,(H,5,6)(H,7,8)/b;2-1+. The van der Waals surface area contributed by atoms with Gasteiger partial charge in [-0.05, 0) is 24.8 Å². The fourth-order valence-electron chi connectivity index (χ4n) is 3.33. The van der Waals surface area contributed by atoms with Crippen molar-refractivity contribution in [3.63, 3.8) is 0 Å². The molecule has 1 aliphatic carbocycles. The highest BCUT2D eigenvalue weighted by molar-refractivity contribution is 8.17. The van der Waals surface area contributed by atoms with Gasteiger partial charge in [-0.15, -0.1) is 11.3 Å². The zero-order chi connectivity index (χ0) is 21.8. The molecule has 1 aromatic carbocycles. The van der Waals surface area contributed by atoms with Crippen molar-refractivity contribution in [1.82, 2.24) is 4.90 Å². The fourth-order valence-corrected chi connectivity index (χ4v) is 5.40. The third-order valence-corrected chi connectivity index (χ3v) is 6.99. The number of rotatable bonds is 7. The van der Waals surface area contributed by atoms with Crippen LogP contribution in [0.1, 0.15) is 18.4 Å². The Morgan fingerprint density at radius 3 is 2.65 bits per heavy atom. The monoisotopic (exact) mass is 458 g/mol. The lowest BCUT2D eigenvalue weighted by Crippen LogP contribution is -2.20. The highest BCUT2D eigenvalue weighted by Crippen LogP contribution is 2.45. The van der Waals surface area contributed by atoms with Crippen LogP contribution in [0, 0.1) is 5.92 Å². The Hall–Kier alpha value is -2.62. The van der Waals surface area contributed by atoms with Gasteiger partial charge >= 0.3 is 11.9 Å². The molecule has 1 saturated carbocycles. The lowest BCUT2D eigenvalue weighted by atomic mass is 10.1. The summed E-state index contributed by atoms with van der Waals surface area (Å²) in [7, 11) is 0. The third-order valence-electron chi connectivity index (χ3n) is 4.94. The second-order valence-electron chi connectivity index (χ2n) is 7.30. The van der Waals surface area contributed by atoms with Gasteiger partial charge in [0.2, 0.25) is 0 Å². The molecular weight excluding hydrogens is 436 g/mol. The van der Waals surface area contributed by atoms with Crippen molar-refractivity contribution >= 4 is 56.0 Å². The number of carbonyl (C=O) groups is 2. The molecular formula is C22H22N2O5S2. The van der Waals surface area contributed by atoms with E-state index in [-0.39, 0.29) is 0 Å². The smallest absolute Gasteiger partial charge is 0.328 e. The summed E-state index contributed by atoms with van der Waals surface area (Å²) >= 11 is 3.63. The van der Waals surface area contributed by atoms with Crippen molar-refractivity contribution in [2.24, 2.45) is 10.9 Å². The van der Waals surface area contributed by atoms with Gasteiger partial charge in [-0.3, -0.25) is 4.99 Å². The van der Waals surface area contributed by atoms with E-state index in [1.807, 2.05) is 11.3 Å². The Labute approximate surface area is 187 Å². The van der Waals surface area contributed by atoms with Gasteiger partial charge in [-0.2, -0.15) is 0 Å². The first-order valence-electron chi connectivity index (χ1n) is 9.94. The van der Waals surface area contributed by atoms with Crippen LogP contribution in [0.2, 0.25) is 0 Å². The summed E-state index contributed by atoms with van der Waals surface area (Å²) in [4.78, 5) is 27.5. The van der Waals surface area contributed by atoms with Gasteiger partial charge in [0.1, 0.15) is 0 Å². The van der Waals surface area contributed by atoms with Crippen LogP contribution in [0.4, 0.5) is 0 Å². The summed E-state index contributed by atoms with van der Waals surface area (Å²) in [6.07, 6.45) is 3.80. The van der Waals surface area contributed by atoms with E-state index in [0.29, 0.717) is 12.2 Å². The SMILES string of the molecule is O=C(O)/C=C/C(=O)O.c1ccc2c(C3=C(COCC4CC4)SC4=NCCN43)csc2c1. The minimum absolute atomic E-state index is 0.558. The zero-order valence-electron chi connectivity index (χ0n) is 16.7. The van der Waals surface area contributed by atoms with Crippen molar-refractivity contribution in [3.8, 4) is 0 Å². The average molecular weight is 459 g/mol. The number of aliphatic imine (C=N–C) groups is 1. The van der Waals surface area contributed by atoms with Crippen LogP contribution in [-0.2, 0) is 14.3 Å². The fraction of sp³-hybridized carbons (Fsp3) is 0.318. The first kappa shape index (κ1) is 21.6. The summed E-state index contributed by atoms with van der Waals surface area (Å²) in [5.74, 6) is -1.70. The third kappa shape index (κ3) is 5.36. The molecule has 3 heterocycles. The number of thiophene rings is 1. The number of carboxylic acid groups (broad SMARTS) is 2. The molecule has 0 bridgehead atoms. The summed E-state index contributed by atoms with van der Waals surface area (Å²) in [6.45, 7) is 3.53. The number of benzene rings is 1. The van der Waals surface area contributed by atoms with Crippen molar-refractivity contribution in [2.45, 2.75) is 12.8 Å². The Bertz CT molecular complexity index is 1070. The Morgan fingerprint density at radius 2 is 1.94 bits per heavy atom. The molecule has 2 aliphatic heterocycles. The van der Waals surface area contributed by atoms with Crippen molar-refractivity contribution in [3.05, 3.63) is 52.3 Å². The predicted octanol–water partition coefficient (Wildman–Crippen LogP) is 4.13. The summed E-state index contributed by atoms with van der Waals surface area (Å²) in [6, 6.07) is 8.67. The van der Waals surface area contributed by atoms with Crippen LogP contribution in [0.5, 0.6) is 0 Å². The molecule has 5 rings (SSSR count). The molecule has 0 saturated heterocycles. The predicted molar refractivity (Wildman–Crippen MR) is 123 cm³/mol. The van der Waals surface area contributed by atoms with Crippen LogP contribution in [0.25, 0.3) is 15.8 Å². The molecule has 0 radical (unpaired) electrons. The molecule has 9 heteroatoms. The van der Waals surface area contributed by atoms with E-state index in [0.717, 1.165) is 37.4 Å². The minimum Gasteiger partial charge on any atom is -0.478 e. The maximum Gasteiger partial charge on any atom is 0.328 e. The number of hydrogen-bond donors (Lipinski definition) is 2. The second kappa shape index (κ2) is 9.67. The highest BCUT2D eigenvalue weighted by Gasteiger charge is 2.34. The molecule has 0 spiro atoms. The van der Waals surface area contributed by atoms with Crippen LogP contribution < -0.4 is 0 Å². The van der Waals surface area contributed by atoms with E-state index in [1.54, 1.807) is 11.8 Å².